The summed E-state index contributed by atoms with van der Waals surface area (Å²) in [6.45, 7) is 6.80. The van der Waals surface area contributed by atoms with E-state index in [0.717, 1.165) is 37.5 Å². The molecule has 0 saturated carbocycles. The van der Waals surface area contributed by atoms with Crippen LogP contribution in [0.4, 0.5) is 0 Å². The molecule has 1 saturated heterocycles. The predicted octanol–water partition coefficient (Wildman–Crippen LogP) is 3.08. The lowest BCUT2D eigenvalue weighted by Crippen LogP contribution is -2.42. The van der Waals surface area contributed by atoms with E-state index in [1.165, 1.54) is 5.56 Å². The topological polar surface area (TPSA) is 32.3 Å². The highest BCUT2D eigenvalue weighted by molar-refractivity contribution is 6.31. The third-order valence-electron chi connectivity index (χ3n) is 3.74. The molecule has 0 aromatic heterocycles. The maximum Gasteiger partial charge on any atom is 0.223 e. The van der Waals surface area contributed by atoms with E-state index < -0.39 is 0 Å². The summed E-state index contributed by atoms with van der Waals surface area (Å²) in [5, 5.41) is 3.83. The summed E-state index contributed by atoms with van der Waals surface area (Å²) in [6.07, 6.45) is 1.87. The third-order valence-corrected chi connectivity index (χ3v) is 4.11. The molecule has 0 bridgehead atoms. The Labute approximate surface area is 126 Å². The van der Waals surface area contributed by atoms with Gasteiger partial charge in [0, 0.05) is 23.5 Å². The zero-order valence-electron chi connectivity index (χ0n) is 12.2. The zero-order valence-corrected chi connectivity index (χ0v) is 13.0. The van der Waals surface area contributed by atoms with E-state index in [9.17, 15) is 4.79 Å². The molecule has 0 atom stereocenters. The van der Waals surface area contributed by atoms with Gasteiger partial charge < -0.3 is 5.32 Å². The van der Waals surface area contributed by atoms with Gasteiger partial charge in [-0.1, -0.05) is 29.8 Å². The van der Waals surface area contributed by atoms with Crippen LogP contribution in [0.25, 0.3) is 0 Å². The second-order valence-corrected chi connectivity index (χ2v) is 6.21. The normalized spacial score (nSPS) is 17.4. The van der Waals surface area contributed by atoms with Crippen LogP contribution in [0.5, 0.6) is 0 Å². The molecule has 3 nitrogen and oxygen atoms in total. The molecule has 2 rings (SSSR count). The number of halogens is 1. The van der Waals surface area contributed by atoms with Crippen LogP contribution in [0.1, 0.15) is 32.3 Å². The van der Waals surface area contributed by atoms with Gasteiger partial charge >= 0.3 is 0 Å². The molecule has 1 aromatic rings. The van der Waals surface area contributed by atoms with E-state index in [0.29, 0.717) is 0 Å². The number of amides is 1. The lowest BCUT2D eigenvalue weighted by Gasteiger charge is -2.31. The molecular weight excluding hydrogens is 272 g/mol. The van der Waals surface area contributed by atoms with E-state index in [1.807, 2.05) is 32.0 Å². The SMILES string of the molecule is CC(C)NC(=O)C1CCN(Cc2ccccc2Cl)CC1. The van der Waals surface area contributed by atoms with Crippen LogP contribution in [-0.4, -0.2) is 29.9 Å². The van der Waals surface area contributed by atoms with Gasteiger partial charge in [0.25, 0.3) is 0 Å². The highest BCUT2D eigenvalue weighted by Crippen LogP contribution is 2.22. The van der Waals surface area contributed by atoms with Crippen LogP contribution >= 0.6 is 11.6 Å². The van der Waals surface area contributed by atoms with Crippen molar-refractivity contribution < 1.29 is 4.79 Å². The Hall–Kier alpha value is -1.06. The van der Waals surface area contributed by atoms with Crippen LogP contribution in [0.15, 0.2) is 24.3 Å². The maximum atomic E-state index is 12.0. The smallest absolute Gasteiger partial charge is 0.223 e. The van der Waals surface area contributed by atoms with Gasteiger partial charge in [-0.15, -0.1) is 0 Å². The quantitative estimate of drug-likeness (QED) is 0.925. The van der Waals surface area contributed by atoms with Gasteiger partial charge in [-0.25, -0.2) is 0 Å². The second-order valence-electron chi connectivity index (χ2n) is 5.81. The molecule has 4 heteroatoms. The van der Waals surface area contributed by atoms with Crippen molar-refractivity contribution >= 4 is 17.5 Å². The monoisotopic (exact) mass is 294 g/mol. The predicted molar refractivity (Wildman–Crippen MR) is 82.7 cm³/mol. The molecule has 1 aliphatic heterocycles. The maximum absolute atomic E-state index is 12.0. The number of benzene rings is 1. The van der Waals surface area contributed by atoms with Crippen molar-refractivity contribution in [3.05, 3.63) is 34.9 Å². The standard InChI is InChI=1S/C16H23ClN2O/c1-12(2)18-16(20)13-7-9-19(10-8-13)11-14-5-3-4-6-15(14)17/h3-6,12-13H,7-11H2,1-2H3,(H,18,20). The molecule has 0 spiro atoms. The van der Waals surface area contributed by atoms with Gasteiger partial charge in [0.05, 0.1) is 0 Å². The first-order valence-electron chi connectivity index (χ1n) is 7.32. The third kappa shape index (κ3) is 4.22. The van der Waals surface area contributed by atoms with Crippen molar-refractivity contribution in [3.63, 3.8) is 0 Å². The van der Waals surface area contributed by atoms with Gasteiger partial charge in [-0.05, 0) is 51.4 Å². The van der Waals surface area contributed by atoms with Crippen molar-refractivity contribution in [1.29, 1.82) is 0 Å². The molecule has 1 heterocycles. The van der Waals surface area contributed by atoms with Gasteiger partial charge in [0.2, 0.25) is 5.91 Å². The van der Waals surface area contributed by atoms with E-state index in [-0.39, 0.29) is 17.9 Å². The molecule has 0 unspecified atom stereocenters. The van der Waals surface area contributed by atoms with Gasteiger partial charge in [-0.3, -0.25) is 9.69 Å². The van der Waals surface area contributed by atoms with E-state index in [4.69, 9.17) is 11.6 Å². The number of carbonyl (C=O) groups is 1. The Balaban J connectivity index is 1.83. The Morgan fingerprint density at radius 2 is 2.00 bits per heavy atom. The molecule has 1 N–H and O–H groups in total. The minimum Gasteiger partial charge on any atom is -0.354 e. The molecular formula is C16H23ClN2O. The van der Waals surface area contributed by atoms with Crippen LogP contribution in [0, 0.1) is 5.92 Å². The molecule has 1 aliphatic rings. The van der Waals surface area contributed by atoms with Crippen LogP contribution < -0.4 is 5.32 Å². The first kappa shape index (κ1) is 15.3. The Morgan fingerprint density at radius 3 is 2.60 bits per heavy atom. The summed E-state index contributed by atoms with van der Waals surface area (Å²) in [7, 11) is 0. The highest BCUT2D eigenvalue weighted by atomic mass is 35.5. The van der Waals surface area contributed by atoms with Crippen LogP contribution in [0.2, 0.25) is 5.02 Å². The van der Waals surface area contributed by atoms with Crippen molar-refractivity contribution in [1.82, 2.24) is 10.2 Å². The van der Waals surface area contributed by atoms with E-state index in [1.54, 1.807) is 0 Å². The Kier molecular flexibility index (Phi) is 5.44. The number of hydrogen-bond acceptors (Lipinski definition) is 2. The number of carbonyl (C=O) groups excluding carboxylic acids is 1. The fraction of sp³-hybridized carbons (Fsp3) is 0.562. The van der Waals surface area contributed by atoms with Crippen molar-refractivity contribution in [2.24, 2.45) is 5.92 Å². The molecule has 1 fully saturated rings. The minimum atomic E-state index is 0.167. The lowest BCUT2D eigenvalue weighted by molar-refractivity contribution is -0.127. The first-order chi connectivity index (χ1) is 9.56. The zero-order chi connectivity index (χ0) is 14.5. The van der Waals surface area contributed by atoms with Gasteiger partial charge in [0.1, 0.15) is 0 Å². The highest BCUT2D eigenvalue weighted by Gasteiger charge is 2.25. The molecule has 1 amide bonds. The molecule has 110 valence electrons. The average molecular weight is 295 g/mol. The minimum absolute atomic E-state index is 0.167. The lowest BCUT2D eigenvalue weighted by atomic mass is 9.95. The Morgan fingerprint density at radius 1 is 1.35 bits per heavy atom. The summed E-state index contributed by atoms with van der Waals surface area (Å²) in [6, 6.07) is 8.20. The van der Waals surface area contributed by atoms with Gasteiger partial charge in [-0.2, -0.15) is 0 Å². The second kappa shape index (κ2) is 7.09. The van der Waals surface area contributed by atoms with Gasteiger partial charge in [0.15, 0.2) is 0 Å². The summed E-state index contributed by atoms with van der Waals surface area (Å²) < 4.78 is 0. The van der Waals surface area contributed by atoms with E-state index in [2.05, 4.69) is 16.3 Å². The van der Waals surface area contributed by atoms with Crippen molar-refractivity contribution in [2.75, 3.05) is 13.1 Å². The summed E-state index contributed by atoms with van der Waals surface area (Å²) >= 11 is 6.19. The van der Waals surface area contributed by atoms with E-state index >= 15 is 0 Å². The number of hydrogen-bond donors (Lipinski definition) is 1. The molecule has 0 aliphatic carbocycles. The van der Waals surface area contributed by atoms with Crippen molar-refractivity contribution in [3.8, 4) is 0 Å². The summed E-state index contributed by atoms with van der Waals surface area (Å²) in [5.41, 5.74) is 1.17. The largest absolute Gasteiger partial charge is 0.354 e. The number of nitrogens with zero attached hydrogens (tertiary/aromatic N) is 1. The molecule has 1 aromatic carbocycles. The number of likely N-dealkylation sites (tertiary alicyclic amines) is 1. The fourth-order valence-corrected chi connectivity index (χ4v) is 2.82. The summed E-state index contributed by atoms with van der Waals surface area (Å²) in [4.78, 5) is 14.4. The van der Waals surface area contributed by atoms with Crippen molar-refractivity contribution in [2.45, 2.75) is 39.3 Å². The van der Waals surface area contributed by atoms with Crippen LogP contribution in [-0.2, 0) is 11.3 Å². The number of rotatable bonds is 4. The fourth-order valence-electron chi connectivity index (χ4n) is 2.62. The molecule has 20 heavy (non-hydrogen) atoms. The number of nitrogens with one attached hydrogen (secondary N) is 1. The first-order valence-corrected chi connectivity index (χ1v) is 7.70. The average Bonchev–Trinajstić information content (AvgIpc) is 2.41. The van der Waals surface area contributed by atoms with Crippen LogP contribution in [0.3, 0.4) is 0 Å². The number of piperidine rings is 1. The Bertz CT molecular complexity index is 454. The summed E-state index contributed by atoms with van der Waals surface area (Å²) in [5.74, 6) is 0.372. The molecule has 0 radical (unpaired) electrons.